The van der Waals surface area contributed by atoms with Crippen LogP contribution >= 0.6 is 0 Å². The molecule has 2 rings (SSSR count). The van der Waals surface area contributed by atoms with Gasteiger partial charge in [0.2, 0.25) is 0 Å². The van der Waals surface area contributed by atoms with Crippen molar-refractivity contribution in [1.82, 2.24) is 9.55 Å². The van der Waals surface area contributed by atoms with Crippen LogP contribution in [0.25, 0.3) is 0 Å². The van der Waals surface area contributed by atoms with Crippen molar-refractivity contribution in [2.24, 2.45) is 5.92 Å². The lowest BCUT2D eigenvalue weighted by Crippen LogP contribution is -2.36. The number of nitrogens with zero attached hydrogens (tertiary/aromatic N) is 2. The van der Waals surface area contributed by atoms with E-state index in [9.17, 15) is 24.2 Å². The van der Waals surface area contributed by atoms with E-state index in [1.165, 1.54) is 6.92 Å². The lowest BCUT2D eigenvalue weighted by Gasteiger charge is -2.17. The molecule has 1 saturated heterocycles. The molecule has 0 radical (unpaired) electrons. The first-order valence-corrected chi connectivity index (χ1v) is 7.98. The second kappa shape index (κ2) is 7.89. The number of carbonyl (C=O) groups is 1. The van der Waals surface area contributed by atoms with Crippen molar-refractivity contribution in [3.05, 3.63) is 22.5 Å². The van der Waals surface area contributed by atoms with Crippen molar-refractivity contribution in [2.45, 2.75) is 51.7 Å². The quantitative estimate of drug-likeness (QED) is 0.704. The zero-order chi connectivity index (χ0) is 18.7. The summed E-state index contributed by atoms with van der Waals surface area (Å²) >= 11 is 0. The molecule has 9 nitrogen and oxygen atoms in total. The van der Waals surface area contributed by atoms with Crippen LogP contribution in [-0.2, 0) is 9.47 Å². The van der Waals surface area contributed by atoms with Gasteiger partial charge in [0.1, 0.15) is 12.2 Å². The highest BCUT2D eigenvalue weighted by Crippen LogP contribution is 2.28. The Balaban J connectivity index is 2.12. The summed E-state index contributed by atoms with van der Waals surface area (Å²) in [4.78, 5) is 27.1. The summed E-state index contributed by atoms with van der Waals surface area (Å²) in [6, 6.07) is 0. The van der Waals surface area contributed by atoms with E-state index in [1.807, 2.05) is 13.8 Å². The van der Waals surface area contributed by atoms with E-state index in [0.29, 0.717) is 0 Å². The number of hydrogen-bond donors (Lipinski definition) is 3. The minimum absolute atomic E-state index is 0.144. The van der Waals surface area contributed by atoms with E-state index in [0.717, 1.165) is 17.2 Å². The van der Waals surface area contributed by atoms with Gasteiger partial charge in [0.05, 0.1) is 18.9 Å². The van der Waals surface area contributed by atoms with E-state index in [1.54, 1.807) is 0 Å². The summed E-state index contributed by atoms with van der Waals surface area (Å²) in [5.74, 6) is -1.45. The monoisotopic (exact) mass is 359 g/mol. The fourth-order valence-electron chi connectivity index (χ4n) is 2.24. The first-order valence-electron chi connectivity index (χ1n) is 7.98. The van der Waals surface area contributed by atoms with Gasteiger partial charge in [0.25, 0.3) is 0 Å². The zero-order valence-corrected chi connectivity index (χ0v) is 14.2. The van der Waals surface area contributed by atoms with Gasteiger partial charge in [-0.15, -0.1) is 0 Å². The maximum atomic E-state index is 14.1. The van der Waals surface area contributed by atoms with E-state index >= 15 is 0 Å². The molecule has 1 amide bonds. The van der Waals surface area contributed by atoms with Crippen molar-refractivity contribution in [3.63, 3.8) is 0 Å². The highest BCUT2D eigenvalue weighted by molar-refractivity contribution is 5.83. The van der Waals surface area contributed by atoms with Gasteiger partial charge in [-0.05, 0) is 12.8 Å². The highest BCUT2D eigenvalue weighted by atomic mass is 19.1. The molecule has 0 aromatic carbocycles. The van der Waals surface area contributed by atoms with Crippen LogP contribution in [0.3, 0.4) is 0 Å². The summed E-state index contributed by atoms with van der Waals surface area (Å²) in [6.45, 7) is 5.48. The molecule has 0 bridgehead atoms. The normalized spacial score (nSPS) is 27.1. The number of rotatable bonds is 5. The lowest BCUT2D eigenvalue weighted by molar-refractivity contribution is -0.0355. The molecule has 0 saturated carbocycles. The Morgan fingerprint density at radius 2 is 2.20 bits per heavy atom. The Kier molecular flexibility index (Phi) is 6.09. The molecule has 1 fully saturated rings. The third-order valence-corrected chi connectivity index (χ3v) is 4.07. The topological polar surface area (TPSA) is 123 Å². The number of aliphatic hydroxyl groups is 2. The van der Waals surface area contributed by atoms with Crippen molar-refractivity contribution in [3.8, 4) is 0 Å². The lowest BCUT2D eigenvalue weighted by atomic mass is 10.1. The Morgan fingerprint density at radius 1 is 1.52 bits per heavy atom. The van der Waals surface area contributed by atoms with Crippen LogP contribution in [0.2, 0.25) is 0 Å². The SMILES string of the molecule is CC[C@@H](C)COC(=O)Nc1nc(=O)n([C@@H]2O[C@H](C)[C@@H](O)[C@H]2O)cc1F. The maximum Gasteiger partial charge on any atom is 0.412 e. The summed E-state index contributed by atoms with van der Waals surface area (Å²) < 4.78 is 25.0. The summed E-state index contributed by atoms with van der Waals surface area (Å²) in [6.07, 6.45) is -4.00. The molecule has 1 aliphatic rings. The Bertz CT molecular complexity index is 682. The Labute approximate surface area is 143 Å². The van der Waals surface area contributed by atoms with Crippen molar-refractivity contribution >= 4 is 11.9 Å². The van der Waals surface area contributed by atoms with Crippen molar-refractivity contribution in [2.75, 3.05) is 11.9 Å². The second-order valence-electron chi connectivity index (χ2n) is 6.08. The summed E-state index contributed by atoms with van der Waals surface area (Å²) in [5, 5.41) is 21.6. The molecule has 3 N–H and O–H groups in total. The van der Waals surface area contributed by atoms with Crippen LogP contribution in [0, 0.1) is 11.7 Å². The van der Waals surface area contributed by atoms with E-state index < -0.39 is 48.0 Å². The van der Waals surface area contributed by atoms with Crippen LogP contribution in [0.15, 0.2) is 11.0 Å². The number of anilines is 1. The highest BCUT2D eigenvalue weighted by Gasteiger charge is 2.42. The Hall–Kier alpha value is -2.04. The zero-order valence-electron chi connectivity index (χ0n) is 14.2. The number of halogens is 1. The standard InChI is InChI=1S/C15H22FN3O6/c1-4-7(2)6-24-15(23)18-12-9(16)5-19(14(22)17-12)13-11(21)10(20)8(3)25-13/h5,7-8,10-11,13,20-21H,4,6H2,1-3H3,(H,17,18,22,23)/t7-,8-,10-,11-,13-/m1/s1. The third kappa shape index (κ3) is 4.33. The minimum atomic E-state index is -1.41. The van der Waals surface area contributed by atoms with Crippen molar-refractivity contribution in [1.29, 1.82) is 0 Å². The van der Waals surface area contributed by atoms with Crippen LogP contribution in [-0.4, -0.2) is 50.8 Å². The van der Waals surface area contributed by atoms with Gasteiger partial charge in [-0.1, -0.05) is 20.3 Å². The van der Waals surface area contributed by atoms with E-state index in [4.69, 9.17) is 9.47 Å². The summed E-state index contributed by atoms with van der Waals surface area (Å²) in [5.41, 5.74) is -0.955. The largest absolute Gasteiger partial charge is 0.449 e. The van der Waals surface area contributed by atoms with Crippen molar-refractivity contribution < 1.29 is 28.9 Å². The molecule has 2 heterocycles. The first-order chi connectivity index (χ1) is 11.7. The average molecular weight is 359 g/mol. The average Bonchev–Trinajstić information content (AvgIpc) is 2.83. The molecule has 25 heavy (non-hydrogen) atoms. The van der Waals surface area contributed by atoms with E-state index in [-0.39, 0.29) is 12.5 Å². The molecule has 140 valence electrons. The number of hydrogen-bond acceptors (Lipinski definition) is 7. The number of aliphatic hydroxyl groups excluding tert-OH is 2. The molecule has 0 aliphatic carbocycles. The number of amides is 1. The van der Waals surface area contributed by atoms with Crippen LogP contribution < -0.4 is 11.0 Å². The molecular weight excluding hydrogens is 337 g/mol. The number of ether oxygens (including phenoxy) is 2. The molecule has 1 aliphatic heterocycles. The molecule has 0 spiro atoms. The molecule has 10 heteroatoms. The fraction of sp³-hybridized carbons (Fsp3) is 0.667. The van der Waals surface area contributed by atoms with Crippen LogP contribution in [0.1, 0.15) is 33.4 Å². The van der Waals surface area contributed by atoms with Gasteiger partial charge in [0.15, 0.2) is 17.9 Å². The first kappa shape index (κ1) is 19.3. The number of aromatic nitrogens is 2. The van der Waals surface area contributed by atoms with Gasteiger partial charge in [-0.3, -0.25) is 9.88 Å². The predicted molar refractivity (Wildman–Crippen MR) is 84.5 cm³/mol. The van der Waals surface area contributed by atoms with Gasteiger partial charge < -0.3 is 19.7 Å². The second-order valence-corrected chi connectivity index (χ2v) is 6.08. The fourth-order valence-corrected chi connectivity index (χ4v) is 2.24. The number of carbonyl (C=O) groups excluding carboxylic acids is 1. The minimum Gasteiger partial charge on any atom is -0.449 e. The Morgan fingerprint density at radius 3 is 2.76 bits per heavy atom. The van der Waals surface area contributed by atoms with Gasteiger partial charge >= 0.3 is 11.8 Å². The van der Waals surface area contributed by atoms with Crippen LogP contribution in [0.4, 0.5) is 15.0 Å². The van der Waals surface area contributed by atoms with Gasteiger partial charge in [0, 0.05) is 0 Å². The number of nitrogens with one attached hydrogen (secondary N) is 1. The molecule has 5 atom stereocenters. The van der Waals surface area contributed by atoms with Gasteiger partial charge in [-0.25, -0.2) is 14.0 Å². The molecule has 1 aromatic heterocycles. The van der Waals surface area contributed by atoms with Gasteiger partial charge in [-0.2, -0.15) is 4.98 Å². The predicted octanol–water partition coefficient (Wildman–Crippen LogP) is 0.616. The smallest absolute Gasteiger partial charge is 0.412 e. The third-order valence-electron chi connectivity index (χ3n) is 4.07. The molecule has 1 aromatic rings. The van der Waals surface area contributed by atoms with E-state index in [2.05, 4.69) is 10.3 Å². The maximum absolute atomic E-state index is 14.1. The molecular formula is C15H22FN3O6. The van der Waals surface area contributed by atoms with Crippen LogP contribution in [0.5, 0.6) is 0 Å². The molecule has 0 unspecified atom stereocenters. The summed E-state index contributed by atoms with van der Waals surface area (Å²) in [7, 11) is 0.